The van der Waals surface area contributed by atoms with Crippen LogP contribution in [0.25, 0.3) is 0 Å². The van der Waals surface area contributed by atoms with Gasteiger partial charge in [-0.15, -0.1) is 0 Å². The Morgan fingerprint density at radius 2 is 2.29 bits per heavy atom. The molecule has 0 amide bonds. The zero-order valence-corrected chi connectivity index (χ0v) is 10.7. The van der Waals surface area contributed by atoms with Crippen LogP contribution in [0, 0.1) is 11.3 Å². The summed E-state index contributed by atoms with van der Waals surface area (Å²) in [7, 11) is 1.82. The molecule has 0 aliphatic heterocycles. The maximum atomic E-state index is 11.5. The lowest BCUT2D eigenvalue weighted by Crippen LogP contribution is -2.41. The molecule has 96 valence electrons. The zero-order valence-electron chi connectivity index (χ0n) is 10.7. The molecule has 5 nitrogen and oxygen atoms in total. The normalized spacial score (nSPS) is 14.9. The summed E-state index contributed by atoms with van der Waals surface area (Å²) in [4.78, 5) is 11.5. The van der Waals surface area contributed by atoms with Gasteiger partial charge in [-0.2, -0.15) is 5.10 Å². The van der Waals surface area contributed by atoms with E-state index in [0.29, 0.717) is 18.8 Å². The van der Waals surface area contributed by atoms with Gasteiger partial charge in [-0.25, -0.2) is 0 Å². The van der Waals surface area contributed by atoms with Gasteiger partial charge in [0, 0.05) is 19.8 Å². The van der Waals surface area contributed by atoms with Gasteiger partial charge in [0.2, 0.25) is 0 Å². The summed E-state index contributed by atoms with van der Waals surface area (Å²) in [6, 6.07) is 0. The fourth-order valence-corrected chi connectivity index (χ4v) is 2.21. The van der Waals surface area contributed by atoms with Crippen LogP contribution in [0.4, 0.5) is 0 Å². The molecule has 17 heavy (non-hydrogen) atoms. The van der Waals surface area contributed by atoms with Crippen LogP contribution in [0.2, 0.25) is 0 Å². The topological polar surface area (TPSA) is 81.1 Å². The third kappa shape index (κ3) is 3.30. The van der Waals surface area contributed by atoms with E-state index >= 15 is 0 Å². The van der Waals surface area contributed by atoms with Crippen LogP contribution >= 0.6 is 0 Å². The third-order valence-corrected chi connectivity index (χ3v) is 2.94. The minimum atomic E-state index is -0.878. The number of nitrogens with zero attached hydrogens (tertiary/aromatic N) is 2. The van der Waals surface area contributed by atoms with E-state index in [1.165, 1.54) is 0 Å². The quantitative estimate of drug-likeness (QED) is 0.777. The van der Waals surface area contributed by atoms with E-state index in [4.69, 9.17) is 5.73 Å². The van der Waals surface area contributed by atoms with Crippen LogP contribution in [0.5, 0.6) is 0 Å². The smallest absolute Gasteiger partial charge is 0.311 e. The average Bonchev–Trinajstić information content (AvgIpc) is 2.61. The van der Waals surface area contributed by atoms with Gasteiger partial charge in [0.05, 0.1) is 11.6 Å². The molecule has 0 saturated heterocycles. The SMILES string of the molecule is CC(C)CC(CN)(Cc1cnn(C)c1)C(=O)O. The molecule has 1 aromatic rings. The van der Waals surface area contributed by atoms with Crippen LogP contribution in [0.3, 0.4) is 0 Å². The lowest BCUT2D eigenvalue weighted by Gasteiger charge is -2.29. The first-order chi connectivity index (χ1) is 7.89. The van der Waals surface area contributed by atoms with Gasteiger partial charge in [0.1, 0.15) is 0 Å². The number of aryl methyl sites for hydroxylation is 1. The van der Waals surface area contributed by atoms with Crippen molar-refractivity contribution in [3.63, 3.8) is 0 Å². The van der Waals surface area contributed by atoms with Crippen LogP contribution in [-0.4, -0.2) is 27.4 Å². The molecule has 1 heterocycles. The Bertz CT molecular complexity index is 387. The molecule has 1 aromatic heterocycles. The van der Waals surface area contributed by atoms with Crippen LogP contribution in [0.1, 0.15) is 25.8 Å². The largest absolute Gasteiger partial charge is 0.481 e. The highest BCUT2D eigenvalue weighted by Crippen LogP contribution is 2.30. The second kappa shape index (κ2) is 5.31. The molecule has 1 rings (SSSR count). The van der Waals surface area contributed by atoms with Crippen molar-refractivity contribution in [2.75, 3.05) is 6.54 Å². The summed E-state index contributed by atoms with van der Waals surface area (Å²) < 4.78 is 1.67. The summed E-state index contributed by atoms with van der Waals surface area (Å²) in [5, 5.41) is 13.5. The van der Waals surface area contributed by atoms with E-state index < -0.39 is 11.4 Å². The fraction of sp³-hybridized carbons (Fsp3) is 0.667. The average molecular weight is 239 g/mol. The van der Waals surface area contributed by atoms with Crippen LogP contribution < -0.4 is 5.73 Å². The summed E-state index contributed by atoms with van der Waals surface area (Å²) in [5.41, 5.74) is 5.74. The van der Waals surface area contributed by atoms with E-state index in [0.717, 1.165) is 5.56 Å². The molecule has 0 saturated carbocycles. The Labute approximate surface area is 102 Å². The summed E-state index contributed by atoms with van der Waals surface area (Å²) in [6.45, 7) is 4.17. The number of hydrogen-bond acceptors (Lipinski definition) is 3. The van der Waals surface area contributed by atoms with Crippen molar-refractivity contribution in [3.8, 4) is 0 Å². The van der Waals surface area contributed by atoms with Crippen molar-refractivity contribution >= 4 is 5.97 Å². The molecule has 0 aliphatic rings. The summed E-state index contributed by atoms with van der Waals surface area (Å²) in [6.07, 6.45) is 4.56. The van der Waals surface area contributed by atoms with Crippen LogP contribution in [0.15, 0.2) is 12.4 Å². The molecule has 0 spiro atoms. The number of aliphatic carboxylic acids is 1. The molecule has 5 heteroatoms. The maximum Gasteiger partial charge on any atom is 0.311 e. The van der Waals surface area contributed by atoms with Gasteiger partial charge in [-0.3, -0.25) is 9.48 Å². The number of hydrogen-bond donors (Lipinski definition) is 2. The molecule has 3 N–H and O–H groups in total. The van der Waals surface area contributed by atoms with Crippen molar-refractivity contribution in [1.29, 1.82) is 0 Å². The van der Waals surface area contributed by atoms with Gasteiger partial charge in [-0.05, 0) is 24.3 Å². The molecule has 1 atom stereocenters. The van der Waals surface area contributed by atoms with E-state index in [1.54, 1.807) is 10.9 Å². The van der Waals surface area contributed by atoms with E-state index in [2.05, 4.69) is 5.10 Å². The van der Waals surface area contributed by atoms with Crippen molar-refractivity contribution in [3.05, 3.63) is 18.0 Å². The molecule has 0 fully saturated rings. The Morgan fingerprint density at radius 3 is 2.65 bits per heavy atom. The second-order valence-electron chi connectivity index (χ2n) is 5.09. The van der Waals surface area contributed by atoms with Crippen molar-refractivity contribution in [2.45, 2.75) is 26.7 Å². The maximum absolute atomic E-state index is 11.5. The highest BCUT2D eigenvalue weighted by atomic mass is 16.4. The minimum Gasteiger partial charge on any atom is -0.481 e. The number of carboxylic acid groups (broad SMARTS) is 1. The van der Waals surface area contributed by atoms with E-state index in [-0.39, 0.29) is 6.54 Å². The lowest BCUT2D eigenvalue weighted by molar-refractivity contribution is -0.149. The molecule has 0 aliphatic carbocycles. The number of rotatable bonds is 6. The molecular formula is C12H21N3O2. The number of nitrogens with two attached hydrogens (primary N) is 1. The van der Waals surface area contributed by atoms with Crippen molar-refractivity contribution < 1.29 is 9.90 Å². The highest BCUT2D eigenvalue weighted by molar-refractivity contribution is 5.75. The molecule has 1 unspecified atom stereocenters. The predicted molar refractivity (Wildman–Crippen MR) is 65.5 cm³/mol. The van der Waals surface area contributed by atoms with Crippen LogP contribution in [-0.2, 0) is 18.3 Å². The van der Waals surface area contributed by atoms with Gasteiger partial charge in [0.25, 0.3) is 0 Å². The predicted octanol–water partition coefficient (Wildman–Crippen LogP) is 1.04. The molecule has 0 bridgehead atoms. The first-order valence-electron chi connectivity index (χ1n) is 5.80. The second-order valence-corrected chi connectivity index (χ2v) is 5.09. The van der Waals surface area contributed by atoms with Gasteiger partial charge in [-0.1, -0.05) is 13.8 Å². The molecule has 0 radical (unpaired) electrons. The lowest BCUT2D eigenvalue weighted by atomic mass is 9.76. The van der Waals surface area contributed by atoms with Crippen molar-refractivity contribution in [2.24, 2.45) is 24.1 Å². The van der Waals surface area contributed by atoms with Crippen molar-refractivity contribution in [1.82, 2.24) is 9.78 Å². The number of aromatic nitrogens is 2. The first kappa shape index (κ1) is 13.7. The van der Waals surface area contributed by atoms with Gasteiger partial charge in [0.15, 0.2) is 0 Å². The fourth-order valence-electron chi connectivity index (χ4n) is 2.21. The minimum absolute atomic E-state index is 0.148. The summed E-state index contributed by atoms with van der Waals surface area (Å²) >= 11 is 0. The highest BCUT2D eigenvalue weighted by Gasteiger charge is 2.38. The third-order valence-electron chi connectivity index (χ3n) is 2.94. The van der Waals surface area contributed by atoms with Gasteiger partial charge < -0.3 is 10.8 Å². The zero-order chi connectivity index (χ0) is 13.1. The Hall–Kier alpha value is -1.36. The Morgan fingerprint density at radius 1 is 1.65 bits per heavy atom. The number of carboxylic acids is 1. The summed E-state index contributed by atoms with van der Waals surface area (Å²) in [5.74, 6) is -0.524. The molecular weight excluding hydrogens is 218 g/mol. The van der Waals surface area contributed by atoms with Gasteiger partial charge >= 0.3 is 5.97 Å². The standard InChI is InChI=1S/C12H21N3O2/c1-9(2)4-12(8-13,11(16)17)5-10-6-14-15(3)7-10/h6-7,9H,4-5,8,13H2,1-3H3,(H,16,17). The number of carbonyl (C=O) groups is 1. The van der Waals surface area contributed by atoms with E-state index in [9.17, 15) is 9.90 Å². The Kier molecular flexibility index (Phi) is 4.28. The van der Waals surface area contributed by atoms with E-state index in [1.807, 2.05) is 27.1 Å². The monoisotopic (exact) mass is 239 g/mol. The Balaban J connectivity index is 2.93. The molecule has 0 aromatic carbocycles. The first-order valence-corrected chi connectivity index (χ1v) is 5.80.